The summed E-state index contributed by atoms with van der Waals surface area (Å²) in [5.41, 5.74) is 4.90. The second-order valence-electron chi connectivity index (χ2n) is 5.39. The zero-order valence-electron chi connectivity index (χ0n) is 11.1. The summed E-state index contributed by atoms with van der Waals surface area (Å²) in [5.74, 6) is 1.27. The van der Waals surface area contributed by atoms with Crippen LogP contribution in [0.5, 0.6) is 0 Å². The van der Waals surface area contributed by atoms with Crippen LogP contribution in [0, 0.1) is 13.8 Å². The van der Waals surface area contributed by atoms with Gasteiger partial charge in [0.05, 0.1) is 5.69 Å². The Labute approximate surface area is 114 Å². The first-order chi connectivity index (χ1) is 8.66. The maximum Gasteiger partial charge on any atom is 0.105 e. The number of nitrogens with zero attached hydrogens (tertiary/aromatic N) is 2. The SMILES string of the molecule is Cc1cc(Cl)c(C)c2c1CN1CCCCCC1=N2. The third kappa shape index (κ3) is 1.93. The van der Waals surface area contributed by atoms with Gasteiger partial charge in [-0.2, -0.15) is 0 Å². The van der Waals surface area contributed by atoms with Gasteiger partial charge >= 0.3 is 0 Å². The lowest BCUT2D eigenvalue weighted by Gasteiger charge is -2.31. The predicted octanol–water partition coefficient (Wildman–Crippen LogP) is 4.38. The highest BCUT2D eigenvalue weighted by atomic mass is 35.5. The number of hydrogen-bond acceptors (Lipinski definition) is 2. The van der Waals surface area contributed by atoms with Gasteiger partial charge in [-0.1, -0.05) is 18.0 Å². The summed E-state index contributed by atoms with van der Waals surface area (Å²) in [6.45, 7) is 6.39. The molecule has 2 nitrogen and oxygen atoms in total. The minimum Gasteiger partial charge on any atom is -0.356 e. The van der Waals surface area contributed by atoms with E-state index in [-0.39, 0.29) is 0 Å². The molecule has 0 aliphatic carbocycles. The molecular weight excluding hydrogens is 244 g/mol. The molecule has 3 heteroatoms. The molecule has 1 aromatic rings. The average molecular weight is 263 g/mol. The average Bonchev–Trinajstić information content (AvgIpc) is 2.59. The highest BCUT2D eigenvalue weighted by molar-refractivity contribution is 6.31. The zero-order chi connectivity index (χ0) is 12.7. The first-order valence-electron chi connectivity index (χ1n) is 6.78. The predicted molar refractivity (Wildman–Crippen MR) is 76.9 cm³/mol. The van der Waals surface area contributed by atoms with E-state index in [0.29, 0.717) is 0 Å². The summed E-state index contributed by atoms with van der Waals surface area (Å²) in [4.78, 5) is 7.36. The van der Waals surface area contributed by atoms with Gasteiger partial charge in [-0.05, 0) is 43.9 Å². The van der Waals surface area contributed by atoms with Gasteiger partial charge in [-0.3, -0.25) is 0 Å². The number of benzene rings is 1. The Hall–Kier alpha value is -1.02. The maximum absolute atomic E-state index is 6.28. The summed E-state index contributed by atoms with van der Waals surface area (Å²) < 4.78 is 0. The highest BCUT2D eigenvalue weighted by Gasteiger charge is 2.24. The van der Waals surface area contributed by atoms with Crippen molar-refractivity contribution >= 4 is 23.1 Å². The second kappa shape index (κ2) is 4.58. The van der Waals surface area contributed by atoms with Crippen molar-refractivity contribution in [3.63, 3.8) is 0 Å². The van der Waals surface area contributed by atoms with Crippen LogP contribution in [0.1, 0.15) is 42.4 Å². The summed E-state index contributed by atoms with van der Waals surface area (Å²) in [6.07, 6.45) is 5.00. The monoisotopic (exact) mass is 262 g/mol. The Balaban J connectivity index is 2.12. The van der Waals surface area contributed by atoms with Crippen LogP contribution in [-0.2, 0) is 6.54 Å². The number of aryl methyl sites for hydroxylation is 1. The van der Waals surface area contributed by atoms with Crippen LogP contribution in [0.2, 0.25) is 5.02 Å². The Kier molecular flexibility index (Phi) is 3.06. The lowest BCUT2D eigenvalue weighted by atomic mass is 10.00. The molecular formula is C15H19ClN2. The third-order valence-corrected chi connectivity index (χ3v) is 4.49. The first kappa shape index (κ1) is 12.0. The van der Waals surface area contributed by atoms with Crippen LogP contribution < -0.4 is 0 Å². The van der Waals surface area contributed by atoms with Crippen LogP contribution in [0.4, 0.5) is 5.69 Å². The Morgan fingerprint density at radius 1 is 1.22 bits per heavy atom. The van der Waals surface area contributed by atoms with Crippen molar-refractivity contribution in [1.82, 2.24) is 4.90 Å². The minimum absolute atomic E-state index is 0.845. The van der Waals surface area contributed by atoms with Gasteiger partial charge in [-0.15, -0.1) is 0 Å². The molecule has 0 saturated carbocycles. The Morgan fingerprint density at radius 3 is 2.89 bits per heavy atom. The van der Waals surface area contributed by atoms with Crippen molar-refractivity contribution in [3.8, 4) is 0 Å². The summed E-state index contributed by atoms with van der Waals surface area (Å²) in [6, 6.07) is 2.08. The van der Waals surface area contributed by atoms with E-state index in [4.69, 9.17) is 16.6 Å². The molecule has 0 amide bonds. The van der Waals surface area contributed by atoms with Crippen molar-refractivity contribution in [2.24, 2.45) is 4.99 Å². The van der Waals surface area contributed by atoms with E-state index >= 15 is 0 Å². The Bertz CT molecular complexity index is 520. The lowest BCUT2D eigenvalue weighted by molar-refractivity contribution is 0.402. The van der Waals surface area contributed by atoms with E-state index in [2.05, 4.69) is 24.8 Å². The van der Waals surface area contributed by atoms with Gasteiger partial charge in [0.2, 0.25) is 0 Å². The van der Waals surface area contributed by atoms with E-state index in [0.717, 1.165) is 35.8 Å². The molecule has 3 rings (SSSR count). The van der Waals surface area contributed by atoms with E-state index in [1.54, 1.807) is 0 Å². The number of amidine groups is 1. The van der Waals surface area contributed by atoms with Crippen molar-refractivity contribution < 1.29 is 0 Å². The van der Waals surface area contributed by atoms with Crippen molar-refractivity contribution in [1.29, 1.82) is 0 Å². The first-order valence-corrected chi connectivity index (χ1v) is 7.15. The number of halogens is 1. The van der Waals surface area contributed by atoms with Gasteiger partial charge in [0.25, 0.3) is 0 Å². The smallest absolute Gasteiger partial charge is 0.105 e. The van der Waals surface area contributed by atoms with Gasteiger partial charge in [-0.25, -0.2) is 4.99 Å². The number of aliphatic imine (C=N–C) groups is 1. The molecule has 18 heavy (non-hydrogen) atoms. The van der Waals surface area contributed by atoms with Crippen molar-refractivity contribution in [2.75, 3.05) is 6.54 Å². The highest BCUT2D eigenvalue weighted by Crippen LogP contribution is 2.37. The van der Waals surface area contributed by atoms with Crippen LogP contribution in [0.3, 0.4) is 0 Å². The molecule has 0 bridgehead atoms. The van der Waals surface area contributed by atoms with Gasteiger partial charge in [0, 0.05) is 30.1 Å². The fourth-order valence-corrected chi connectivity index (χ4v) is 3.18. The molecule has 0 atom stereocenters. The van der Waals surface area contributed by atoms with Crippen LogP contribution in [-0.4, -0.2) is 17.3 Å². The molecule has 1 aromatic carbocycles. The molecule has 2 heterocycles. The second-order valence-corrected chi connectivity index (χ2v) is 5.79. The fourth-order valence-electron chi connectivity index (χ4n) is 2.93. The molecule has 0 radical (unpaired) electrons. The molecule has 1 saturated heterocycles. The molecule has 2 aliphatic heterocycles. The number of fused-ring (bicyclic) bond motifs is 2. The van der Waals surface area contributed by atoms with E-state index in [9.17, 15) is 0 Å². The van der Waals surface area contributed by atoms with Gasteiger partial charge < -0.3 is 4.90 Å². The molecule has 0 aromatic heterocycles. The topological polar surface area (TPSA) is 15.6 Å². The van der Waals surface area contributed by atoms with E-state index in [1.165, 1.54) is 36.2 Å². The van der Waals surface area contributed by atoms with Gasteiger partial charge in [0.1, 0.15) is 5.84 Å². The minimum atomic E-state index is 0.845. The summed E-state index contributed by atoms with van der Waals surface area (Å²) in [7, 11) is 0. The van der Waals surface area contributed by atoms with Crippen LogP contribution in [0.25, 0.3) is 0 Å². The molecule has 0 N–H and O–H groups in total. The normalized spacial score (nSPS) is 18.8. The maximum atomic E-state index is 6.28. The standard InChI is InChI=1S/C15H19ClN2/c1-10-8-13(16)11(2)15-12(10)9-18-7-5-3-4-6-14(18)17-15/h8H,3-7,9H2,1-2H3. The number of rotatable bonds is 0. The van der Waals surface area contributed by atoms with Crippen molar-refractivity contribution in [3.05, 3.63) is 27.8 Å². The largest absolute Gasteiger partial charge is 0.356 e. The zero-order valence-corrected chi connectivity index (χ0v) is 11.8. The summed E-state index contributed by atoms with van der Waals surface area (Å²) in [5, 5.41) is 0.845. The molecule has 0 unspecified atom stereocenters. The molecule has 96 valence electrons. The van der Waals surface area contributed by atoms with Gasteiger partial charge in [0.15, 0.2) is 0 Å². The number of hydrogen-bond donors (Lipinski definition) is 0. The van der Waals surface area contributed by atoms with E-state index < -0.39 is 0 Å². The van der Waals surface area contributed by atoms with Crippen LogP contribution in [0.15, 0.2) is 11.1 Å². The summed E-state index contributed by atoms with van der Waals surface area (Å²) >= 11 is 6.28. The van der Waals surface area contributed by atoms with E-state index in [1.807, 2.05) is 0 Å². The third-order valence-electron chi connectivity index (χ3n) is 4.10. The van der Waals surface area contributed by atoms with Crippen molar-refractivity contribution in [2.45, 2.75) is 46.1 Å². The molecule has 2 aliphatic rings. The lowest BCUT2D eigenvalue weighted by Crippen LogP contribution is -2.32. The Morgan fingerprint density at radius 2 is 2.06 bits per heavy atom. The molecule has 1 fully saturated rings. The molecule has 0 spiro atoms. The fraction of sp³-hybridized carbons (Fsp3) is 0.533. The quantitative estimate of drug-likeness (QED) is 0.678. The van der Waals surface area contributed by atoms with Crippen LogP contribution >= 0.6 is 11.6 Å².